The molecule has 0 unspecified atom stereocenters. The molecule has 2 heteroatoms. The molecule has 0 saturated carbocycles. The number of rotatable bonds is 3. The number of pyridine rings is 2. The number of fused-ring (bicyclic) bond motifs is 3. The van der Waals surface area contributed by atoms with Crippen LogP contribution in [0, 0.1) is 6.92 Å². The zero-order chi connectivity index (χ0) is 15.6. The van der Waals surface area contributed by atoms with Crippen molar-refractivity contribution in [2.45, 2.75) is 19.8 Å². The fraction of sp³-hybridized carbons (Fsp3) is 0.143. The van der Waals surface area contributed by atoms with Gasteiger partial charge in [-0.1, -0.05) is 42.5 Å². The lowest BCUT2D eigenvalue weighted by molar-refractivity contribution is 0.944. The van der Waals surface area contributed by atoms with Gasteiger partial charge in [0, 0.05) is 17.0 Å². The number of nitrogens with zero attached hydrogens (tertiary/aromatic N) is 2. The number of hydrogen-bond acceptors (Lipinski definition) is 2. The van der Waals surface area contributed by atoms with E-state index in [2.05, 4.69) is 65.4 Å². The SMILES string of the molecule is Cc1ccccc1CCc1cnc2cnc3ccccc3c2c1. The summed E-state index contributed by atoms with van der Waals surface area (Å²) in [5, 5.41) is 2.37. The zero-order valence-electron chi connectivity index (χ0n) is 13.2. The van der Waals surface area contributed by atoms with Crippen molar-refractivity contribution in [3.8, 4) is 0 Å². The monoisotopic (exact) mass is 298 g/mol. The van der Waals surface area contributed by atoms with Crippen molar-refractivity contribution in [2.75, 3.05) is 0 Å². The maximum Gasteiger partial charge on any atom is 0.0891 e. The summed E-state index contributed by atoms with van der Waals surface area (Å²) in [6, 6.07) is 19.1. The third-order valence-electron chi connectivity index (χ3n) is 4.44. The number of hydrogen-bond donors (Lipinski definition) is 0. The Bertz CT molecular complexity index is 989. The molecule has 0 amide bonds. The Kier molecular flexibility index (Phi) is 3.51. The molecule has 4 aromatic rings. The second kappa shape index (κ2) is 5.81. The standard InChI is InChI=1S/C21H18N2/c1-15-6-2-3-7-17(15)11-10-16-12-19-18-8-4-5-9-20(18)23-14-21(19)22-13-16/h2-9,12-14H,10-11H2,1H3. The molecule has 0 aliphatic carbocycles. The number of aryl methyl sites for hydroxylation is 3. The fourth-order valence-corrected chi connectivity index (χ4v) is 3.09. The molecule has 0 aliphatic rings. The van der Waals surface area contributed by atoms with Gasteiger partial charge in [0.15, 0.2) is 0 Å². The molecule has 112 valence electrons. The second-order valence-corrected chi connectivity index (χ2v) is 5.98. The number of benzene rings is 2. The highest BCUT2D eigenvalue weighted by Gasteiger charge is 2.05. The summed E-state index contributed by atoms with van der Waals surface area (Å²) in [6.45, 7) is 2.17. The largest absolute Gasteiger partial charge is 0.254 e. The van der Waals surface area contributed by atoms with Gasteiger partial charge in [-0.3, -0.25) is 9.97 Å². The zero-order valence-corrected chi connectivity index (χ0v) is 13.2. The quantitative estimate of drug-likeness (QED) is 0.504. The van der Waals surface area contributed by atoms with Gasteiger partial charge in [-0.25, -0.2) is 0 Å². The molecule has 2 heterocycles. The van der Waals surface area contributed by atoms with Crippen LogP contribution in [-0.2, 0) is 12.8 Å². The third-order valence-corrected chi connectivity index (χ3v) is 4.44. The van der Waals surface area contributed by atoms with Crippen molar-refractivity contribution < 1.29 is 0 Å². The molecule has 0 aliphatic heterocycles. The van der Waals surface area contributed by atoms with Gasteiger partial charge in [0.25, 0.3) is 0 Å². The first-order valence-corrected chi connectivity index (χ1v) is 7.98. The van der Waals surface area contributed by atoms with E-state index in [9.17, 15) is 0 Å². The highest BCUT2D eigenvalue weighted by atomic mass is 14.7. The lowest BCUT2D eigenvalue weighted by Crippen LogP contribution is -1.95. The van der Waals surface area contributed by atoms with E-state index >= 15 is 0 Å². The van der Waals surface area contributed by atoms with Crippen LogP contribution < -0.4 is 0 Å². The smallest absolute Gasteiger partial charge is 0.0891 e. The highest BCUT2D eigenvalue weighted by molar-refractivity contribution is 6.03. The number of aromatic nitrogens is 2. The predicted molar refractivity (Wildman–Crippen MR) is 95.6 cm³/mol. The molecule has 2 nitrogen and oxygen atoms in total. The molecule has 0 radical (unpaired) electrons. The van der Waals surface area contributed by atoms with Gasteiger partial charge in [0.1, 0.15) is 0 Å². The summed E-state index contributed by atoms with van der Waals surface area (Å²) < 4.78 is 0. The molecular weight excluding hydrogens is 280 g/mol. The van der Waals surface area contributed by atoms with Crippen LogP contribution in [0.3, 0.4) is 0 Å². The normalized spacial score (nSPS) is 11.2. The van der Waals surface area contributed by atoms with E-state index in [-0.39, 0.29) is 0 Å². The maximum atomic E-state index is 4.60. The topological polar surface area (TPSA) is 25.8 Å². The van der Waals surface area contributed by atoms with Crippen LogP contribution in [0.4, 0.5) is 0 Å². The van der Waals surface area contributed by atoms with Crippen molar-refractivity contribution in [1.82, 2.24) is 9.97 Å². The van der Waals surface area contributed by atoms with E-state index in [1.165, 1.54) is 27.5 Å². The van der Waals surface area contributed by atoms with Crippen LogP contribution in [0.25, 0.3) is 21.8 Å². The van der Waals surface area contributed by atoms with Gasteiger partial charge in [0.2, 0.25) is 0 Å². The van der Waals surface area contributed by atoms with Crippen LogP contribution in [-0.4, -0.2) is 9.97 Å². The van der Waals surface area contributed by atoms with Crippen LogP contribution in [0.2, 0.25) is 0 Å². The summed E-state index contributed by atoms with van der Waals surface area (Å²) in [7, 11) is 0. The molecule has 23 heavy (non-hydrogen) atoms. The molecule has 0 saturated heterocycles. The first-order chi connectivity index (χ1) is 11.3. The minimum absolute atomic E-state index is 0.961. The van der Waals surface area contributed by atoms with E-state index in [1.54, 1.807) is 0 Å². The molecule has 0 fully saturated rings. The van der Waals surface area contributed by atoms with Gasteiger partial charge in [-0.2, -0.15) is 0 Å². The molecule has 2 aromatic carbocycles. The summed E-state index contributed by atoms with van der Waals surface area (Å²) in [4.78, 5) is 9.09. The molecular formula is C21H18N2. The average Bonchev–Trinajstić information content (AvgIpc) is 2.61. The fourth-order valence-electron chi connectivity index (χ4n) is 3.09. The van der Waals surface area contributed by atoms with E-state index in [0.29, 0.717) is 0 Å². The van der Waals surface area contributed by atoms with Crippen molar-refractivity contribution >= 4 is 21.8 Å². The lowest BCUT2D eigenvalue weighted by Gasteiger charge is -2.07. The molecule has 0 atom stereocenters. The van der Waals surface area contributed by atoms with Gasteiger partial charge >= 0.3 is 0 Å². The molecule has 0 spiro atoms. The Morgan fingerprint density at radius 3 is 2.43 bits per heavy atom. The molecule has 2 aromatic heterocycles. The van der Waals surface area contributed by atoms with Crippen molar-refractivity contribution in [3.05, 3.63) is 83.7 Å². The summed E-state index contributed by atoms with van der Waals surface area (Å²) in [5.74, 6) is 0. The summed E-state index contributed by atoms with van der Waals surface area (Å²) in [6.07, 6.45) is 5.90. The van der Waals surface area contributed by atoms with E-state index in [1.807, 2.05) is 18.5 Å². The minimum atomic E-state index is 0.961. The van der Waals surface area contributed by atoms with Gasteiger partial charge < -0.3 is 0 Å². The third kappa shape index (κ3) is 2.68. The van der Waals surface area contributed by atoms with Crippen molar-refractivity contribution in [2.24, 2.45) is 0 Å². The Labute approximate surface area is 135 Å². The first-order valence-electron chi connectivity index (χ1n) is 7.98. The average molecular weight is 298 g/mol. The highest BCUT2D eigenvalue weighted by Crippen LogP contribution is 2.23. The van der Waals surface area contributed by atoms with E-state index in [0.717, 1.165) is 23.9 Å². The van der Waals surface area contributed by atoms with Crippen molar-refractivity contribution in [3.63, 3.8) is 0 Å². The van der Waals surface area contributed by atoms with Crippen LogP contribution in [0.5, 0.6) is 0 Å². The number of para-hydroxylation sites is 1. The van der Waals surface area contributed by atoms with Crippen LogP contribution >= 0.6 is 0 Å². The van der Waals surface area contributed by atoms with Gasteiger partial charge in [-0.05, 0) is 48.6 Å². The lowest BCUT2D eigenvalue weighted by atomic mass is 10.0. The second-order valence-electron chi connectivity index (χ2n) is 5.98. The molecule has 4 rings (SSSR count). The Morgan fingerprint density at radius 1 is 0.739 bits per heavy atom. The summed E-state index contributed by atoms with van der Waals surface area (Å²) in [5.41, 5.74) is 6.03. The Balaban J connectivity index is 1.71. The Hall–Kier alpha value is -2.74. The summed E-state index contributed by atoms with van der Waals surface area (Å²) >= 11 is 0. The molecule has 0 bridgehead atoms. The van der Waals surface area contributed by atoms with E-state index in [4.69, 9.17) is 0 Å². The molecule has 0 N–H and O–H groups in total. The van der Waals surface area contributed by atoms with Crippen molar-refractivity contribution in [1.29, 1.82) is 0 Å². The van der Waals surface area contributed by atoms with E-state index < -0.39 is 0 Å². The maximum absolute atomic E-state index is 4.60. The Morgan fingerprint density at radius 2 is 1.52 bits per heavy atom. The predicted octanol–water partition coefficient (Wildman–Crippen LogP) is 4.88. The minimum Gasteiger partial charge on any atom is -0.254 e. The van der Waals surface area contributed by atoms with Crippen LogP contribution in [0.15, 0.2) is 67.0 Å². The van der Waals surface area contributed by atoms with Gasteiger partial charge in [-0.15, -0.1) is 0 Å². The first kappa shape index (κ1) is 13.9. The van der Waals surface area contributed by atoms with Crippen LogP contribution in [0.1, 0.15) is 16.7 Å². The van der Waals surface area contributed by atoms with Gasteiger partial charge in [0.05, 0.1) is 17.2 Å².